The highest BCUT2D eigenvalue weighted by atomic mass is 79.9. The van der Waals surface area contributed by atoms with Crippen LogP contribution in [-0.2, 0) is 9.59 Å². The van der Waals surface area contributed by atoms with Crippen molar-refractivity contribution in [2.45, 2.75) is 6.92 Å². The minimum Gasteiger partial charge on any atom is -0.368 e. The molecule has 102 valence electrons. The number of rotatable bonds is 5. The van der Waals surface area contributed by atoms with Crippen LogP contribution in [0.5, 0.6) is 0 Å². The van der Waals surface area contributed by atoms with E-state index < -0.39 is 17.7 Å². The summed E-state index contributed by atoms with van der Waals surface area (Å²) in [5.41, 5.74) is 11.3. The van der Waals surface area contributed by atoms with E-state index in [1.54, 1.807) is 12.1 Å². The minimum absolute atomic E-state index is 0.354. The molecule has 0 radical (unpaired) electrons. The van der Waals surface area contributed by atoms with Gasteiger partial charge in [-0.1, -0.05) is 15.9 Å². The van der Waals surface area contributed by atoms with Crippen LogP contribution in [-0.4, -0.2) is 35.7 Å². The summed E-state index contributed by atoms with van der Waals surface area (Å²) in [6, 6.07) is 5.09. The van der Waals surface area contributed by atoms with Crippen molar-refractivity contribution in [2.24, 2.45) is 11.5 Å². The van der Waals surface area contributed by atoms with E-state index in [1.807, 2.05) is 13.0 Å². The van der Waals surface area contributed by atoms with Crippen LogP contribution in [0, 0.1) is 6.92 Å². The van der Waals surface area contributed by atoms with E-state index in [9.17, 15) is 14.4 Å². The second-order valence-electron chi connectivity index (χ2n) is 4.11. The van der Waals surface area contributed by atoms with Crippen LogP contribution in [0.2, 0.25) is 0 Å². The number of carbonyl (C=O) groups is 3. The first-order valence-corrected chi connectivity index (χ1v) is 6.22. The molecule has 6 nitrogen and oxygen atoms in total. The molecule has 0 aliphatic rings. The molecule has 0 saturated heterocycles. The number of hydrogen-bond donors (Lipinski definition) is 2. The number of aryl methyl sites for hydroxylation is 1. The van der Waals surface area contributed by atoms with E-state index in [0.717, 1.165) is 14.9 Å². The molecule has 1 aromatic carbocycles. The maximum Gasteiger partial charge on any atom is 0.254 e. The summed E-state index contributed by atoms with van der Waals surface area (Å²) in [4.78, 5) is 35.1. The molecule has 1 rings (SSSR count). The number of hydrogen-bond acceptors (Lipinski definition) is 3. The van der Waals surface area contributed by atoms with Crippen molar-refractivity contribution >= 4 is 33.7 Å². The molecule has 4 N–H and O–H groups in total. The number of nitrogens with zero attached hydrogens (tertiary/aromatic N) is 1. The zero-order valence-corrected chi connectivity index (χ0v) is 11.9. The second kappa shape index (κ2) is 6.33. The molecule has 1 aromatic rings. The van der Waals surface area contributed by atoms with E-state index in [1.165, 1.54) is 0 Å². The van der Waals surface area contributed by atoms with Crippen molar-refractivity contribution in [3.8, 4) is 0 Å². The highest BCUT2D eigenvalue weighted by Gasteiger charge is 2.20. The van der Waals surface area contributed by atoms with Gasteiger partial charge in [0.15, 0.2) is 0 Å². The Morgan fingerprint density at radius 1 is 1.11 bits per heavy atom. The lowest BCUT2D eigenvalue weighted by Gasteiger charge is -2.19. The Morgan fingerprint density at radius 2 is 1.63 bits per heavy atom. The predicted molar refractivity (Wildman–Crippen MR) is 73.2 cm³/mol. The molecule has 0 saturated carbocycles. The Morgan fingerprint density at radius 3 is 2.05 bits per heavy atom. The van der Waals surface area contributed by atoms with Crippen LogP contribution in [0.25, 0.3) is 0 Å². The summed E-state index contributed by atoms with van der Waals surface area (Å²) in [5, 5.41) is 0. The summed E-state index contributed by atoms with van der Waals surface area (Å²) in [6.07, 6.45) is 0. The highest BCUT2D eigenvalue weighted by molar-refractivity contribution is 9.10. The lowest BCUT2D eigenvalue weighted by Crippen LogP contribution is -2.43. The Labute approximate surface area is 118 Å². The number of benzene rings is 1. The Hall–Kier alpha value is -1.89. The monoisotopic (exact) mass is 327 g/mol. The lowest BCUT2D eigenvalue weighted by atomic mass is 10.1. The van der Waals surface area contributed by atoms with Crippen molar-refractivity contribution in [1.82, 2.24) is 4.90 Å². The van der Waals surface area contributed by atoms with Crippen LogP contribution < -0.4 is 11.5 Å². The van der Waals surface area contributed by atoms with Crippen LogP contribution in [0.3, 0.4) is 0 Å². The van der Waals surface area contributed by atoms with Gasteiger partial charge < -0.3 is 16.4 Å². The third-order valence-corrected chi connectivity index (χ3v) is 2.73. The summed E-state index contributed by atoms with van der Waals surface area (Å²) in [6.45, 7) is 1.12. The van der Waals surface area contributed by atoms with E-state index in [0.29, 0.717) is 5.56 Å². The van der Waals surface area contributed by atoms with E-state index in [2.05, 4.69) is 15.9 Å². The summed E-state index contributed by atoms with van der Waals surface area (Å²) >= 11 is 3.28. The standard InChI is InChI=1S/C12H14BrN3O3/c1-7-2-8(4-9(13)3-7)12(19)16(5-10(14)17)6-11(15)18/h2-4H,5-6H2,1H3,(H2,14,17)(H2,15,18). The summed E-state index contributed by atoms with van der Waals surface area (Å²) in [5.74, 6) is -1.88. The SMILES string of the molecule is Cc1cc(Br)cc(C(=O)N(CC(N)=O)CC(N)=O)c1. The van der Waals surface area contributed by atoms with Crippen LogP contribution in [0.1, 0.15) is 15.9 Å². The number of amides is 3. The van der Waals surface area contributed by atoms with Gasteiger partial charge in [0, 0.05) is 10.0 Å². The normalized spacial score (nSPS) is 10.0. The Kier molecular flexibility index (Phi) is 5.05. The van der Waals surface area contributed by atoms with Crippen molar-refractivity contribution in [2.75, 3.05) is 13.1 Å². The van der Waals surface area contributed by atoms with Gasteiger partial charge in [-0.05, 0) is 30.7 Å². The van der Waals surface area contributed by atoms with E-state index >= 15 is 0 Å². The third-order valence-electron chi connectivity index (χ3n) is 2.27. The maximum absolute atomic E-state index is 12.2. The molecule has 0 aliphatic carbocycles. The van der Waals surface area contributed by atoms with Gasteiger partial charge in [-0.25, -0.2) is 0 Å². The molecule has 0 heterocycles. The molecule has 0 bridgehead atoms. The quantitative estimate of drug-likeness (QED) is 0.804. The van der Waals surface area contributed by atoms with Crippen LogP contribution in [0.4, 0.5) is 0 Å². The third kappa shape index (κ3) is 4.70. The fraction of sp³-hybridized carbons (Fsp3) is 0.250. The average molecular weight is 328 g/mol. The van der Waals surface area contributed by atoms with Gasteiger partial charge in [0.25, 0.3) is 5.91 Å². The van der Waals surface area contributed by atoms with Gasteiger partial charge >= 0.3 is 0 Å². The van der Waals surface area contributed by atoms with Gasteiger partial charge in [-0.3, -0.25) is 14.4 Å². The zero-order valence-electron chi connectivity index (χ0n) is 10.4. The van der Waals surface area contributed by atoms with Gasteiger partial charge in [0.05, 0.1) is 0 Å². The van der Waals surface area contributed by atoms with Crippen molar-refractivity contribution < 1.29 is 14.4 Å². The molecule has 0 aliphatic heterocycles. The van der Waals surface area contributed by atoms with E-state index in [4.69, 9.17) is 11.5 Å². The largest absolute Gasteiger partial charge is 0.368 e. The molecule has 0 unspecified atom stereocenters. The molecule has 0 aromatic heterocycles. The summed E-state index contributed by atoms with van der Waals surface area (Å²) in [7, 11) is 0. The van der Waals surface area contributed by atoms with Gasteiger partial charge in [-0.15, -0.1) is 0 Å². The number of carbonyl (C=O) groups excluding carboxylic acids is 3. The van der Waals surface area contributed by atoms with Gasteiger partial charge in [-0.2, -0.15) is 0 Å². The summed E-state index contributed by atoms with van der Waals surface area (Å²) < 4.78 is 0.731. The maximum atomic E-state index is 12.2. The Balaban J connectivity index is 3.03. The number of halogens is 1. The molecule has 0 spiro atoms. The molecular formula is C12H14BrN3O3. The van der Waals surface area contributed by atoms with Crippen LogP contribution in [0.15, 0.2) is 22.7 Å². The van der Waals surface area contributed by atoms with Crippen molar-refractivity contribution in [3.05, 3.63) is 33.8 Å². The topological polar surface area (TPSA) is 106 Å². The van der Waals surface area contributed by atoms with Crippen molar-refractivity contribution in [3.63, 3.8) is 0 Å². The predicted octanol–water partition coefficient (Wildman–Crippen LogP) is 0.170. The fourth-order valence-corrected chi connectivity index (χ4v) is 2.23. The molecule has 19 heavy (non-hydrogen) atoms. The molecule has 3 amide bonds. The minimum atomic E-state index is -0.707. The number of primary amides is 2. The molecule has 0 atom stereocenters. The first-order valence-electron chi connectivity index (χ1n) is 5.42. The first-order chi connectivity index (χ1) is 8.79. The zero-order chi connectivity index (χ0) is 14.6. The molecule has 0 fully saturated rings. The fourth-order valence-electron chi connectivity index (χ4n) is 1.62. The first kappa shape index (κ1) is 15.2. The molecule has 7 heteroatoms. The van der Waals surface area contributed by atoms with Gasteiger partial charge in [0.2, 0.25) is 11.8 Å². The van der Waals surface area contributed by atoms with Crippen LogP contribution >= 0.6 is 15.9 Å². The van der Waals surface area contributed by atoms with Crippen molar-refractivity contribution in [1.29, 1.82) is 0 Å². The molecular weight excluding hydrogens is 314 g/mol. The highest BCUT2D eigenvalue weighted by Crippen LogP contribution is 2.16. The van der Waals surface area contributed by atoms with Gasteiger partial charge in [0.1, 0.15) is 13.1 Å². The van der Waals surface area contributed by atoms with E-state index in [-0.39, 0.29) is 13.1 Å². The second-order valence-corrected chi connectivity index (χ2v) is 5.03. The average Bonchev–Trinajstić information content (AvgIpc) is 2.24. The number of nitrogens with two attached hydrogens (primary N) is 2. The lowest BCUT2D eigenvalue weighted by molar-refractivity contribution is -0.121. The Bertz CT molecular complexity index is 495. The smallest absolute Gasteiger partial charge is 0.254 e.